The predicted octanol–water partition coefficient (Wildman–Crippen LogP) is 1.58. The number of phenols is 1. The monoisotopic (exact) mass is 292 g/mol. The van der Waals surface area contributed by atoms with E-state index in [9.17, 15) is 14.3 Å². The second kappa shape index (κ2) is 6.14. The molecular formula is C13H9FN2O3S. The molecule has 0 aliphatic heterocycles. The third-order valence-electron chi connectivity index (χ3n) is 2.24. The summed E-state index contributed by atoms with van der Waals surface area (Å²) in [4.78, 5) is 16.3. The average molecular weight is 292 g/mol. The highest BCUT2D eigenvalue weighted by molar-refractivity contribution is 7.16. The van der Waals surface area contributed by atoms with E-state index in [2.05, 4.69) is 22.1 Å². The first-order valence-corrected chi connectivity index (χ1v) is 6.28. The van der Waals surface area contributed by atoms with Crippen LogP contribution in [0, 0.1) is 17.7 Å². The number of hydrogen-bond donors (Lipinski definition) is 3. The second-order valence-electron chi connectivity index (χ2n) is 3.58. The predicted molar refractivity (Wildman–Crippen MR) is 72.1 cm³/mol. The molecule has 0 aliphatic rings. The first-order chi connectivity index (χ1) is 9.61. The van der Waals surface area contributed by atoms with Crippen LogP contribution in [0.2, 0.25) is 0 Å². The number of aliphatic hydroxyl groups excluding tert-OH is 1. The van der Waals surface area contributed by atoms with Crippen LogP contribution in [0.4, 0.5) is 9.52 Å². The standard InChI is InChI=1S/C13H9FN2O3S/c14-9-4-1-5-10(18)11(9)12(19)16-13-15-7-8(20-13)3-2-6-17/h1,4-5,7,17-18H,6H2,(H,15,16,19). The van der Waals surface area contributed by atoms with E-state index >= 15 is 0 Å². The molecule has 2 rings (SSSR count). The fraction of sp³-hybridized carbons (Fsp3) is 0.0769. The van der Waals surface area contributed by atoms with Crippen molar-refractivity contribution in [2.75, 3.05) is 11.9 Å². The largest absolute Gasteiger partial charge is 0.507 e. The van der Waals surface area contributed by atoms with Crippen LogP contribution in [0.25, 0.3) is 0 Å². The van der Waals surface area contributed by atoms with E-state index in [4.69, 9.17) is 5.11 Å². The highest BCUT2D eigenvalue weighted by Gasteiger charge is 2.17. The van der Waals surface area contributed by atoms with Gasteiger partial charge in [0.2, 0.25) is 0 Å². The van der Waals surface area contributed by atoms with E-state index in [1.54, 1.807) is 0 Å². The molecule has 1 aromatic carbocycles. The molecule has 1 amide bonds. The molecule has 0 radical (unpaired) electrons. The quantitative estimate of drug-likeness (QED) is 0.734. The maximum Gasteiger partial charge on any atom is 0.264 e. The van der Waals surface area contributed by atoms with Crippen molar-refractivity contribution in [3.63, 3.8) is 0 Å². The van der Waals surface area contributed by atoms with Gasteiger partial charge in [-0.2, -0.15) is 0 Å². The molecule has 5 nitrogen and oxygen atoms in total. The van der Waals surface area contributed by atoms with Gasteiger partial charge < -0.3 is 10.2 Å². The maximum absolute atomic E-state index is 13.5. The van der Waals surface area contributed by atoms with E-state index in [-0.39, 0.29) is 11.7 Å². The summed E-state index contributed by atoms with van der Waals surface area (Å²) in [5.74, 6) is 3.02. The SMILES string of the molecule is O=C(Nc1ncc(C#CCO)s1)c1c(O)cccc1F. The minimum absolute atomic E-state index is 0.222. The molecular weight excluding hydrogens is 283 g/mol. The number of amides is 1. The number of rotatable bonds is 2. The topological polar surface area (TPSA) is 82.5 Å². The summed E-state index contributed by atoms with van der Waals surface area (Å²) in [5, 5.41) is 20.7. The van der Waals surface area contributed by atoms with Crippen LogP contribution in [0.5, 0.6) is 5.75 Å². The Balaban J connectivity index is 2.18. The van der Waals surface area contributed by atoms with Gasteiger partial charge in [-0.25, -0.2) is 9.37 Å². The highest BCUT2D eigenvalue weighted by Crippen LogP contribution is 2.23. The van der Waals surface area contributed by atoms with E-state index in [0.717, 1.165) is 17.4 Å². The summed E-state index contributed by atoms with van der Waals surface area (Å²) in [6.45, 7) is -0.275. The van der Waals surface area contributed by atoms with Crippen molar-refractivity contribution < 1.29 is 19.4 Å². The number of carbonyl (C=O) groups excluding carboxylic acids is 1. The van der Waals surface area contributed by atoms with Gasteiger partial charge in [0.15, 0.2) is 5.13 Å². The molecule has 20 heavy (non-hydrogen) atoms. The van der Waals surface area contributed by atoms with Crippen molar-refractivity contribution in [2.24, 2.45) is 0 Å². The number of benzene rings is 1. The van der Waals surface area contributed by atoms with Crippen LogP contribution in [0.15, 0.2) is 24.4 Å². The molecule has 3 N–H and O–H groups in total. The third-order valence-corrected chi connectivity index (χ3v) is 3.06. The maximum atomic E-state index is 13.5. The Morgan fingerprint density at radius 2 is 2.30 bits per heavy atom. The zero-order valence-corrected chi connectivity index (χ0v) is 10.9. The molecule has 0 spiro atoms. The number of aromatic hydroxyl groups is 1. The van der Waals surface area contributed by atoms with Gasteiger partial charge in [0, 0.05) is 0 Å². The van der Waals surface area contributed by atoms with Gasteiger partial charge in [-0.15, -0.1) is 0 Å². The summed E-state index contributed by atoms with van der Waals surface area (Å²) in [7, 11) is 0. The number of thiazole rings is 1. The Kier molecular flexibility index (Phi) is 4.30. The summed E-state index contributed by atoms with van der Waals surface area (Å²) >= 11 is 1.08. The molecule has 0 saturated carbocycles. The van der Waals surface area contributed by atoms with E-state index in [1.165, 1.54) is 18.3 Å². The minimum atomic E-state index is -0.820. The van der Waals surface area contributed by atoms with E-state index in [0.29, 0.717) is 4.88 Å². The molecule has 0 aliphatic carbocycles. The number of anilines is 1. The van der Waals surface area contributed by atoms with Crippen molar-refractivity contribution in [3.05, 3.63) is 40.7 Å². The van der Waals surface area contributed by atoms with Gasteiger partial charge in [-0.1, -0.05) is 29.2 Å². The van der Waals surface area contributed by atoms with Crippen molar-refractivity contribution in [1.29, 1.82) is 0 Å². The van der Waals surface area contributed by atoms with Gasteiger partial charge in [-0.05, 0) is 12.1 Å². The lowest BCUT2D eigenvalue weighted by Crippen LogP contribution is -2.13. The Hall–Kier alpha value is -2.43. The number of aliphatic hydroxyl groups is 1. The normalized spacial score (nSPS) is 9.70. The number of nitrogens with one attached hydrogen (secondary N) is 1. The number of carbonyl (C=O) groups is 1. The fourth-order valence-electron chi connectivity index (χ4n) is 1.41. The summed E-state index contributed by atoms with van der Waals surface area (Å²) in [6.07, 6.45) is 1.42. The van der Waals surface area contributed by atoms with Crippen LogP contribution in [0.1, 0.15) is 15.2 Å². The zero-order chi connectivity index (χ0) is 14.5. The van der Waals surface area contributed by atoms with Crippen LogP contribution in [-0.2, 0) is 0 Å². The average Bonchev–Trinajstić information content (AvgIpc) is 2.83. The molecule has 1 heterocycles. The van der Waals surface area contributed by atoms with E-state index in [1.807, 2.05) is 0 Å². The molecule has 1 aromatic heterocycles. The fourth-order valence-corrected chi connectivity index (χ4v) is 2.10. The van der Waals surface area contributed by atoms with Gasteiger partial charge >= 0.3 is 0 Å². The first-order valence-electron chi connectivity index (χ1n) is 5.46. The molecule has 102 valence electrons. The Labute approximate surface area is 117 Å². The third kappa shape index (κ3) is 3.12. The molecule has 0 unspecified atom stereocenters. The van der Waals surface area contributed by atoms with Gasteiger partial charge in [0.1, 0.15) is 23.7 Å². The van der Waals surface area contributed by atoms with Crippen LogP contribution in [0.3, 0.4) is 0 Å². The summed E-state index contributed by atoms with van der Waals surface area (Å²) < 4.78 is 13.5. The molecule has 0 atom stereocenters. The number of aromatic nitrogens is 1. The Morgan fingerprint density at radius 1 is 1.50 bits per heavy atom. The summed E-state index contributed by atoms with van der Waals surface area (Å²) in [6, 6.07) is 3.60. The molecule has 0 fully saturated rings. The van der Waals surface area contributed by atoms with Crippen LogP contribution in [-0.4, -0.2) is 27.7 Å². The Morgan fingerprint density at radius 3 is 3.00 bits per heavy atom. The number of halogens is 1. The number of nitrogens with zero attached hydrogens (tertiary/aromatic N) is 1. The van der Waals surface area contributed by atoms with Crippen molar-refractivity contribution in [1.82, 2.24) is 4.98 Å². The van der Waals surface area contributed by atoms with Crippen molar-refractivity contribution in [2.45, 2.75) is 0 Å². The van der Waals surface area contributed by atoms with Crippen molar-refractivity contribution in [3.8, 4) is 17.6 Å². The van der Waals surface area contributed by atoms with Gasteiger partial charge in [0.25, 0.3) is 5.91 Å². The smallest absolute Gasteiger partial charge is 0.264 e. The van der Waals surface area contributed by atoms with Crippen LogP contribution < -0.4 is 5.32 Å². The second-order valence-corrected chi connectivity index (χ2v) is 4.61. The van der Waals surface area contributed by atoms with Crippen molar-refractivity contribution >= 4 is 22.4 Å². The molecule has 0 bridgehead atoms. The van der Waals surface area contributed by atoms with Gasteiger partial charge in [-0.3, -0.25) is 10.1 Å². The minimum Gasteiger partial charge on any atom is -0.507 e. The molecule has 0 saturated heterocycles. The number of hydrogen-bond acceptors (Lipinski definition) is 5. The lowest BCUT2D eigenvalue weighted by atomic mass is 10.2. The van der Waals surface area contributed by atoms with Crippen LogP contribution >= 0.6 is 11.3 Å². The molecule has 2 aromatic rings. The lowest BCUT2D eigenvalue weighted by molar-refractivity contribution is 0.102. The lowest BCUT2D eigenvalue weighted by Gasteiger charge is -2.04. The van der Waals surface area contributed by atoms with E-state index < -0.39 is 23.0 Å². The first kappa shape index (κ1) is 14.0. The highest BCUT2D eigenvalue weighted by atomic mass is 32.1. The van der Waals surface area contributed by atoms with Gasteiger partial charge in [0.05, 0.1) is 11.1 Å². The molecule has 7 heteroatoms. The Bertz CT molecular complexity index is 683. The zero-order valence-electron chi connectivity index (χ0n) is 10.1. The summed E-state index contributed by atoms with van der Waals surface area (Å²) in [5.41, 5.74) is -0.439. The number of phenolic OH excluding ortho intramolecular Hbond substituents is 1.